The van der Waals surface area contributed by atoms with Crippen LogP contribution in [-0.4, -0.2) is 38.5 Å². The molecule has 0 amide bonds. The summed E-state index contributed by atoms with van der Waals surface area (Å²) in [5.74, 6) is -0.975. The molecule has 1 saturated heterocycles. The van der Waals surface area contributed by atoms with Gasteiger partial charge in [0, 0.05) is 24.0 Å². The molecule has 0 bridgehead atoms. The Labute approximate surface area is 136 Å². The van der Waals surface area contributed by atoms with Gasteiger partial charge in [-0.05, 0) is 51.4 Å². The van der Waals surface area contributed by atoms with E-state index in [2.05, 4.69) is 29.8 Å². The van der Waals surface area contributed by atoms with Crippen LogP contribution in [0.5, 0.6) is 0 Å². The SMILES string of the molecule is CC(C)N1CCC[C@@H]1c1cccc(-c2cncc(C(=O)O)c2)n1. The highest BCUT2D eigenvalue weighted by Gasteiger charge is 2.28. The molecular formula is C18H21N3O2. The number of pyridine rings is 2. The lowest BCUT2D eigenvalue weighted by Crippen LogP contribution is -2.30. The molecule has 23 heavy (non-hydrogen) atoms. The van der Waals surface area contributed by atoms with Gasteiger partial charge < -0.3 is 5.11 Å². The largest absolute Gasteiger partial charge is 0.478 e. The maximum absolute atomic E-state index is 11.1. The molecular weight excluding hydrogens is 290 g/mol. The van der Waals surface area contributed by atoms with Gasteiger partial charge in [0.2, 0.25) is 0 Å². The van der Waals surface area contributed by atoms with Gasteiger partial charge in [-0.25, -0.2) is 4.79 Å². The number of nitrogens with zero attached hydrogens (tertiary/aromatic N) is 3. The molecule has 1 fully saturated rings. The number of likely N-dealkylation sites (tertiary alicyclic amines) is 1. The first-order chi connectivity index (χ1) is 11.1. The van der Waals surface area contributed by atoms with E-state index in [1.807, 2.05) is 12.1 Å². The van der Waals surface area contributed by atoms with Crippen LogP contribution in [0.1, 0.15) is 48.8 Å². The Balaban J connectivity index is 1.94. The average Bonchev–Trinajstić information content (AvgIpc) is 3.05. The van der Waals surface area contributed by atoms with Crippen LogP contribution in [0.2, 0.25) is 0 Å². The summed E-state index contributed by atoms with van der Waals surface area (Å²) in [6.07, 6.45) is 5.31. The maximum atomic E-state index is 11.1. The smallest absolute Gasteiger partial charge is 0.337 e. The highest BCUT2D eigenvalue weighted by atomic mass is 16.4. The van der Waals surface area contributed by atoms with Crippen LogP contribution in [0.15, 0.2) is 36.7 Å². The number of carbonyl (C=O) groups is 1. The van der Waals surface area contributed by atoms with Crippen molar-refractivity contribution in [2.75, 3.05) is 6.54 Å². The number of aromatic carboxylic acids is 1. The van der Waals surface area contributed by atoms with Crippen molar-refractivity contribution in [2.45, 2.75) is 38.8 Å². The first kappa shape index (κ1) is 15.6. The van der Waals surface area contributed by atoms with Crippen LogP contribution < -0.4 is 0 Å². The Kier molecular flexibility index (Phi) is 4.39. The fourth-order valence-corrected chi connectivity index (χ4v) is 3.22. The number of hydrogen-bond acceptors (Lipinski definition) is 4. The Bertz CT molecular complexity index is 715. The predicted molar refractivity (Wildman–Crippen MR) is 88.2 cm³/mol. The molecule has 120 valence electrons. The third kappa shape index (κ3) is 3.24. The molecule has 1 N–H and O–H groups in total. The molecule has 1 aliphatic rings. The number of rotatable bonds is 4. The molecule has 3 rings (SSSR count). The number of aromatic nitrogens is 2. The molecule has 5 nitrogen and oxygen atoms in total. The van der Waals surface area contributed by atoms with Gasteiger partial charge >= 0.3 is 5.97 Å². The van der Waals surface area contributed by atoms with E-state index in [-0.39, 0.29) is 5.56 Å². The van der Waals surface area contributed by atoms with Gasteiger partial charge in [-0.2, -0.15) is 0 Å². The zero-order chi connectivity index (χ0) is 16.4. The predicted octanol–water partition coefficient (Wildman–Crippen LogP) is 3.39. The Morgan fingerprint density at radius 3 is 2.91 bits per heavy atom. The monoisotopic (exact) mass is 311 g/mol. The molecule has 2 aromatic heterocycles. The van der Waals surface area contributed by atoms with E-state index in [4.69, 9.17) is 10.1 Å². The van der Waals surface area contributed by atoms with Gasteiger partial charge in [-0.1, -0.05) is 6.07 Å². The third-order valence-corrected chi connectivity index (χ3v) is 4.35. The first-order valence-corrected chi connectivity index (χ1v) is 7.97. The van der Waals surface area contributed by atoms with Crippen molar-refractivity contribution in [1.29, 1.82) is 0 Å². The van der Waals surface area contributed by atoms with Crippen LogP contribution >= 0.6 is 0 Å². The summed E-state index contributed by atoms with van der Waals surface area (Å²) in [4.78, 5) is 22.4. The lowest BCUT2D eigenvalue weighted by atomic mass is 10.1. The highest BCUT2D eigenvalue weighted by Crippen LogP contribution is 2.33. The van der Waals surface area contributed by atoms with Gasteiger partial charge in [0.25, 0.3) is 0 Å². The summed E-state index contributed by atoms with van der Waals surface area (Å²) in [7, 11) is 0. The molecule has 1 atom stereocenters. The Morgan fingerprint density at radius 1 is 1.35 bits per heavy atom. The van der Waals surface area contributed by atoms with Crippen molar-refractivity contribution >= 4 is 5.97 Å². The molecule has 3 heterocycles. The van der Waals surface area contributed by atoms with E-state index in [1.165, 1.54) is 12.6 Å². The summed E-state index contributed by atoms with van der Waals surface area (Å²) < 4.78 is 0. The minimum absolute atomic E-state index is 0.180. The standard InChI is InChI=1S/C18H21N3O2/c1-12(2)21-8-4-7-17(21)16-6-3-5-15(20-16)13-9-14(18(22)23)11-19-10-13/h3,5-6,9-12,17H,4,7-8H2,1-2H3,(H,22,23)/t17-/m1/s1. The average molecular weight is 311 g/mol. The third-order valence-electron chi connectivity index (χ3n) is 4.35. The number of carboxylic acids is 1. The van der Waals surface area contributed by atoms with Crippen molar-refractivity contribution in [1.82, 2.24) is 14.9 Å². The quantitative estimate of drug-likeness (QED) is 0.937. The van der Waals surface area contributed by atoms with Crippen LogP contribution in [0.25, 0.3) is 11.3 Å². The van der Waals surface area contributed by atoms with Crippen molar-refractivity contribution in [3.8, 4) is 11.3 Å². The lowest BCUT2D eigenvalue weighted by Gasteiger charge is -2.28. The molecule has 0 aliphatic carbocycles. The molecule has 1 aliphatic heterocycles. The van der Waals surface area contributed by atoms with E-state index < -0.39 is 5.97 Å². The van der Waals surface area contributed by atoms with Crippen LogP contribution in [0.3, 0.4) is 0 Å². The summed E-state index contributed by atoms with van der Waals surface area (Å²) in [6, 6.07) is 8.40. The fraction of sp³-hybridized carbons (Fsp3) is 0.389. The van der Waals surface area contributed by atoms with E-state index >= 15 is 0 Å². The van der Waals surface area contributed by atoms with Gasteiger partial charge in [-0.3, -0.25) is 14.9 Å². The van der Waals surface area contributed by atoms with Crippen molar-refractivity contribution < 1.29 is 9.90 Å². The van der Waals surface area contributed by atoms with Gasteiger partial charge in [0.1, 0.15) is 0 Å². The molecule has 5 heteroatoms. The minimum atomic E-state index is -0.975. The summed E-state index contributed by atoms with van der Waals surface area (Å²) >= 11 is 0. The zero-order valence-corrected chi connectivity index (χ0v) is 13.4. The molecule has 0 unspecified atom stereocenters. The summed E-state index contributed by atoms with van der Waals surface area (Å²) in [5.41, 5.74) is 2.74. The highest BCUT2D eigenvalue weighted by molar-refractivity contribution is 5.88. The van der Waals surface area contributed by atoms with Crippen molar-refractivity contribution in [3.05, 3.63) is 47.9 Å². The van der Waals surface area contributed by atoms with Crippen LogP contribution in [0.4, 0.5) is 0 Å². The summed E-state index contributed by atoms with van der Waals surface area (Å²) in [6.45, 7) is 5.52. The normalized spacial score (nSPS) is 18.5. The van der Waals surface area contributed by atoms with Crippen molar-refractivity contribution in [3.63, 3.8) is 0 Å². The van der Waals surface area contributed by atoms with Gasteiger partial charge in [0.15, 0.2) is 0 Å². The molecule has 0 saturated carbocycles. The van der Waals surface area contributed by atoms with E-state index in [0.717, 1.165) is 29.9 Å². The van der Waals surface area contributed by atoms with Gasteiger partial charge in [0.05, 0.1) is 23.0 Å². The maximum Gasteiger partial charge on any atom is 0.337 e. The Hall–Kier alpha value is -2.27. The Morgan fingerprint density at radius 2 is 2.17 bits per heavy atom. The van der Waals surface area contributed by atoms with E-state index in [1.54, 1.807) is 12.3 Å². The van der Waals surface area contributed by atoms with Crippen LogP contribution in [0, 0.1) is 0 Å². The molecule has 0 spiro atoms. The van der Waals surface area contributed by atoms with E-state index in [9.17, 15) is 4.79 Å². The lowest BCUT2D eigenvalue weighted by molar-refractivity contribution is 0.0696. The second kappa shape index (κ2) is 6.46. The first-order valence-electron chi connectivity index (χ1n) is 7.97. The van der Waals surface area contributed by atoms with E-state index in [0.29, 0.717) is 12.1 Å². The van der Waals surface area contributed by atoms with Crippen molar-refractivity contribution in [2.24, 2.45) is 0 Å². The topological polar surface area (TPSA) is 66.3 Å². The summed E-state index contributed by atoms with van der Waals surface area (Å²) in [5, 5.41) is 9.11. The molecule has 2 aromatic rings. The minimum Gasteiger partial charge on any atom is -0.478 e. The molecule has 0 aromatic carbocycles. The second-order valence-corrected chi connectivity index (χ2v) is 6.20. The second-order valence-electron chi connectivity index (χ2n) is 6.20. The van der Waals surface area contributed by atoms with Gasteiger partial charge in [-0.15, -0.1) is 0 Å². The van der Waals surface area contributed by atoms with Crippen LogP contribution in [-0.2, 0) is 0 Å². The molecule has 0 radical (unpaired) electrons. The fourth-order valence-electron chi connectivity index (χ4n) is 3.22. The number of carboxylic acid groups (broad SMARTS) is 1. The zero-order valence-electron chi connectivity index (χ0n) is 13.4. The number of hydrogen-bond donors (Lipinski definition) is 1.